The van der Waals surface area contributed by atoms with Crippen LogP contribution >= 0.6 is 23.2 Å². The van der Waals surface area contributed by atoms with Gasteiger partial charge in [0, 0.05) is 18.8 Å². The molecule has 0 atom stereocenters. The van der Waals surface area contributed by atoms with E-state index in [9.17, 15) is 9.90 Å². The Bertz CT molecular complexity index is 493. The molecule has 0 unspecified atom stereocenters. The lowest BCUT2D eigenvalue weighted by Gasteiger charge is -2.36. The number of rotatable bonds is 3. The normalized spacial score (nSPS) is 17.8. The van der Waals surface area contributed by atoms with Crippen molar-refractivity contribution >= 4 is 34.8 Å². The minimum Gasteiger partial charge on any atom is -0.396 e. The number of hydrogen-bond acceptors (Lipinski definition) is 4. The summed E-state index contributed by atoms with van der Waals surface area (Å²) in [7, 11) is 0. The first kappa shape index (κ1) is 15.4. The van der Waals surface area contributed by atoms with Crippen molar-refractivity contribution in [2.75, 3.05) is 25.6 Å². The number of hydrogen-bond donors (Lipinski definition) is 3. The number of nitrogen functional groups attached to an aromatic ring is 1. The van der Waals surface area contributed by atoms with Crippen LogP contribution in [0, 0.1) is 0 Å². The van der Waals surface area contributed by atoms with Crippen LogP contribution in [0.4, 0.5) is 5.69 Å². The van der Waals surface area contributed by atoms with Crippen molar-refractivity contribution in [1.82, 2.24) is 5.32 Å². The molecule has 4 N–H and O–H groups in total. The maximum absolute atomic E-state index is 12.3. The number of ether oxygens (including phenoxy) is 1. The van der Waals surface area contributed by atoms with Crippen molar-refractivity contribution < 1.29 is 14.6 Å². The Morgan fingerprint density at radius 2 is 1.90 bits per heavy atom. The van der Waals surface area contributed by atoms with Gasteiger partial charge in [-0.2, -0.15) is 0 Å². The summed E-state index contributed by atoms with van der Waals surface area (Å²) < 4.78 is 5.25. The van der Waals surface area contributed by atoms with Crippen LogP contribution in [0.5, 0.6) is 0 Å². The van der Waals surface area contributed by atoms with Crippen molar-refractivity contribution in [2.45, 2.75) is 18.4 Å². The second kappa shape index (κ2) is 6.18. The van der Waals surface area contributed by atoms with Crippen LogP contribution in [-0.2, 0) is 4.74 Å². The van der Waals surface area contributed by atoms with Crippen LogP contribution in [-0.4, -0.2) is 36.4 Å². The molecular weight excluding hydrogens is 303 g/mol. The maximum atomic E-state index is 12.3. The molecule has 1 aromatic rings. The molecule has 0 spiro atoms. The van der Waals surface area contributed by atoms with Crippen LogP contribution in [0.2, 0.25) is 10.0 Å². The van der Waals surface area contributed by atoms with Gasteiger partial charge in [0.25, 0.3) is 5.91 Å². The topological polar surface area (TPSA) is 84.6 Å². The maximum Gasteiger partial charge on any atom is 0.251 e. The molecular formula is C13H16Cl2N2O3. The molecule has 0 radical (unpaired) electrons. The van der Waals surface area contributed by atoms with Gasteiger partial charge in [-0.3, -0.25) is 4.79 Å². The highest BCUT2D eigenvalue weighted by molar-refractivity contribution is 6.39. The van der Waals surface area contributed by atoms with Crippen molar-refractivity contribution in [3.8, 4) is 0 Å². The molecule has 1 aromatic carbocycles. The number of aliphatic hydroxyl groups is 1. The molecule has 0 bridgehead atoms. The van der Waals surface area contributed by atoms with E-state index in [-0.39, 0.29) is 28.2 Å². The number of nitrogens with two attached hydrogens (primary N) is 1. The van der Waals surface area contributed by atoms with E-state index < -0.39 is 5.54 Å². The van der Waals surface area contributed by atoms with Gasteiger partial charge < -0.3 is 20.9 Å². The minimum atomic E-state index is -0.657. The molecule has 1 aliphatic heterocycles. The highest BCUT2D eigenvalue weighted by Gasteiger charge is 2.33. The molecule has 1 aliphatic rings. The Morgan fingerprint density at radius 3 is 2.40 bits per heavy atom. The van der Waals surface area contributed by atoms with Gasteiger partial charge in [0.2, 0.25) is 0 Å². The number of benzene rings is 1. The summed E-state index contributed by atoms with van der Waals surface area (Å²) in [5.41, 5.74) is 5.53. The first-order valence-electron chi connectivity index (χ1n) is 6.23. The van der Waals surface area contributed by atoms with Crippen LogP contribution in [0.3, 0.4) is 0 Å². The zero-order chi connectivity index (χ0) is 14.8. The average molecular weight is 319 g/mol. The highest BCUT2D eigenvalue weighted by Crippen LogP contribution is 2.29. The molecule has 20 heavy (non-hydrogen) atoms. The first-order valence-corrected chi connectivity index (χ1v) is 6.99. The third-order valence-electron chi connectivity index (χ3n) is 3.47. The van der Waals surface area contributed by atoms with Crippen molar-refractivity contribution in [3.63, 3.8) is 0 Å². The molecule has 1 heterocycles. The number of amides is 1. The van der Waals surface area contributed by atoms with Crippen LogP contribution in [0.1, 0.15) is 23.2 Å². The van der Waals surface area contributed by atoms with Crippen molar-refractivity contribution in [1.29, 1.82) is 0 Å². The van der Waals surface area contributed by atoms with E-state index in [0.717, 1.165) is 0 Å². The van der Waals surface area contributed by atoms with Gasteiger partial charge in [-0.1, -0.05) is 23.2 Å². The third kappa shape index (κ3) is 3.17. The van der Waals surface area contributed by atoms with Crippen LogP contribution in [0.15, 0.2) is 12.1 Å². The number of aliphatic hydroxyl groups excluding tert-OH is 1. The molecule has 1 amide bonds. The predicted octanol–water partition coefficient (Wildman–Crippen LogP) is 1.85. The molecule has 1 fully saturated rings. The summed E-state index contributed by atoms with van der Waals surface area (Å²) >= 11 is 11.8. The molecule has 5 nitrogen and oxygen atoms in total. The molecule has 7 heteroatoms. The lowest BCUT2D eigenvalue weighted by atomic mass is 9.90. The average Bonchev–Trinajstić information content (AvgIpc) is 2.45. The van der Waals surface area contributed by atoms with Gasteiger partial charge >= 0.3 is 0 Å². The lowest BCUT2D eigenvalue weighted by Crippen LogP contribution is -2.54. The standard InChI is InChI=1S/C13H16Cl2N2O3/c14-9-5-8(6-10(15)11(9)16)12(19)17-13(7-18)1-3-20-4-2-13/h5-6,18H,1-4,7,16H2,(H,17,19). The quantitative estimate of drug-likeness (QED) is 0.742. The summed E-state index contributed by atoms with van der Waals surface area (Å²) in [6.45, 7) is 0.868. The highest BCUT2D eigenvalue weighted by atomic mass is 35.5. The Kier molecular flexibility index (Phi) is 4.75. The molecule has 0 aliphatic carbocycles. The largest absolute Gasteiger partial charge is 0.396 e. The zero-order valence-electron chi connectivity index (χ0n) is 10.8. The van der Waals surface area contributed by atoms with E-state index in [1.165, 1.54) is 12.1 Å². The summed E-state index contributed by atoms with van der Waals surface area (Å²) in [6.07, 6.45) is 1.12. The SMILES string of the molecule is Nc1c(Cl)cc(C(=O)NC2(CO)CCOCC2)cc1Cl. The summed E-state index contributed by atoms with van der Waals surface area (Å²) in [5, 5.41) is 12.9. The minimum absolute atomic E-state index is 0.140. The molecule has 2 rings (SSSR count). The molecule has 0 aromatic heterocycles. The Morgan fingerprint density at radius 1 is 1.35 bits per heavy atom. The molecule has 0 saturated carbocycles. The molecule has 110 valence electrons. The predicted molar refractivity (Wildman–Crippen MR) is 78.2 cm³/mol. The number of carbonyl (C=O) groups is 1. The number of halogens is 2. The Hall–Kier alpha value is -1.01. The second-order valence-electron chi connectivity index (χ2n) is 4.86. The smallest absolute Gasteiger partial charge is 0.251 e. The fraction of sp³-hybridized carbons (Fsp3) is 0.462. The fourth-order valence-electron chi connectivity index (χ4n) is 2.11. The lowest BCUT2D eigenvalue weighted by molar-refractivity contribution is 0.0125. The zero-order valence-corrected chi connectivity index (χ0v) is 12.3. The monoisotopic (exact) mass is 318 g/mol. The Labute approximate surface area is 127 Å². The van der Waals surface area contributed by atoms with Gasteiger partial charge in [0.15, 0.2) is 0 Å². The van der Waals surface area contributed by atoms with E-state index in [0.29, 0.717) is 31.6 Å². The summed E-state index contributed by atoms with van der Waals surface area (Å²) in [5.74, 6) is -0.343. The first-order chi connectivity index (χ1) is 9.47. The third-order valence-corrected chi connectivity index (χ3v) is 4.10. The van der Waals surface area contributed by atoms with Crippen LogP contribution < -0.4 is 11.1 Å². The van der Waals surface area contributed by atoms with Crippen molar-refractivity contribution in [3.05, 3.63) is 27.7 Å². The fourth-order valence-corrected chi connectivity index (χ4v) is 2.60. The van der Waals surface area contributed by atoms with E-state index >= 15 is 0 Å². The van der Waals surface area contributed by atoms with Gasteiger partial charge in [-0.15, -0.1) is 0 Å². The van der Waals surface area contributed by atoms with Crippen molar-refractivity contribution in [2.24, 2.45) is 0 Å². The number of carbonyl (C=O) groups excluding carboxylic acids is 1. The van der Waals surface area contributed by atoms with Crippen LogP contribution in [0.25, 0.3) is 0 Å². The molecule has 1 saturated heterocycles. The van der Waals surface area contributed by atoms with Gasteiger partial charge in [0.1, 0.15) is 0 Å². The summed E-state index contributed by atoms with van der Waals surface area (Å²) in [6, 6.07) is 2.92. The van der Waals surface area contributed by atoms with Gasteiger partial charge in [0.05, 0.1) is 27.9 Å². The van der Waals surface area contributed by atoms with E-state index in [1.54, 1.807) is 0 Å². The van der Waals surface area contributed by atoms with E-state index in [1.807, 2.05) is 0 Å². The van der Waals surface area contributed by atoms with E-state index in [4.69, 9.17) is 33.7 Å². The van der Waals surface area contributed by atoms with Gasteiger partial charge in [-0.05, 0) is 25.0 Å². The second-order valence-corrected chi connectivity index (χ2v) is 5.67. The van der Waals surface area contributed by atoms with Gasteiger partial charge in [-0.25, -0.2) is 0 Å². The van der Waals surface area contributed by atoms with E-state index in [2.05, 4.69) is 5.32 Å². The summed E-state index contributed by atoms with van der Waals surface area (Å²) in [4.78, 5) is 12.3. The number of anilines is 1. The number of nitrogens with one attached hydrogen (secondary N) is 1. The Balaban J connectivity index is 2.19.